The molecule has 0 bridgehead atoms. The van der Waals surface area contributed by atoms with E-state index in [2.05, 4.69) is 24.5 Å². The van der Waals surface area contributed by atoms with Crippen LogP contribution in [-0.4, -0.2) is 52.6 Å². The van der Waals surface area contributed by atoms with Crippen LogP contribution < -0.4 is 10.6 Å². The minimum atomic E-state index is -0.890. The molecule has 0 radical (unpaired) electrons. The molecule has 0 aliphatic rings. The molecule has 37 heavy (non-hydrogen) atoms. The molecule has 8 heteroatoms. The Morgan fingerprint density at radius 2 is 1.57 bits per heavy atom. The topological polar surface area (TPSA) is 108 Å². The molecule has 0 saturated carbocycles. The van der Waals surface area contributed by atoms with E-state index in [9.17, 15) is 19.5 Å². The summed E-state index contributed by atoms with van der Waals surface area (Å²) in [5.41, 5.74) is -0.100. The molecule has 1 aromatic carbocycles. The average Bonchev–Trinajstić information content (AvgIpc) is 2.83. The van der Waals surface area contributed by atoms with Gasteiger partial charge in [-0.1, -0.05) is 71.9 Å². The number of aromatic hydroxyl groups is 1. The van der Waals surface area contributed by atoms with Gasteiger partial charge in [-0.25, -0.2) is 4.79 Å². The molecule has 0 aliphatic heterocycles. The highest BCUT2D eigenvalue weighted by Crippen LogP contribution is 2.27. The number of phenols is 1. The van der Waals surface area contributed by atoms with E-state index in [4.69, 9.17) is 4.74 Å². The number of benzene rings is 1. The second-order valence-corrected chi connectivity index (χ2v) is 10.7. The van der Waals surface area contributed by atoms with Gasteiger partial charge in [0.1, 0.15) is 23.4 Å². The lowest BCUT2D eigenvalue weighted by molar-refractivity contribution is -0.143. The minimum Gasteiger partial charge on any atom is -0.508 e. The van der Waals surface area contributed by atoms with Gasteiger partial charge in [0, 0.05) is 13.1 Å². The second-order valence-electron chi connectivity index (χ2n) is 10.7. The Morgan fingerprint density at radius 1 is 0.973 bits per heavy atom. The van der Waals surface area contributed by atoms with Crippen LogP contribution in [0.15, 0.2) is 24.3 Å². The van der Waals surface area contributed by atoms with Gasteiger partial charge in [-0.05, 0) is 57.2 Å². The van der Waals surface area contributed by atoms with Crippen LogP contribution in [0.4, 0.5) is 4.79 Å². The fraction of sp³-hybridized carbons (Fsp3) is 0.690. The first-order valence-corrected chi connectivity index (χ1v) is 13.8. The first-order valence-electron chi connectivity index (χ1n) is 13.8. The maximum atomic E-state index is 14.1. The van der Waals surface area contributed by atoms with Crippen LogP contribution >= 0.6 is 0 Å². The van der Waals surface area contributed by atoms with Crippen molar-refractivity contribution in [3.05, 3.63) is 29.8 Å². The number of rotatable bonds is 15. The third-order valence-corrected chi connectivity index (χ3v) is 6.29. The molecule has 0 spiro atoms. The van der Waals surface area contributed by atoms with Crippen LogP contribution in [0.1, 0.15) is 105 Å². The number of nitrogens with one attached hydrogen (secondary N) is 2. The smallest absolute Gasteiger partial charge is 0.408 e. The molecule has 3 amide bonds. The quantitative estimate of drug-likeness (QED) is 0.258. The lowest BCUT2D eigenvalue weighted by atomic mass is 9.95. The molecule has 0 aliphatic carbocycles. The first kappa shape index (κ1) is 32.3. The summed E-state index contributed by atoms with van der Waals surface area (Å²) < 4.78 is 5.45. The number of amides is 3. The molecule has 3 atom stereocenters. The number of alkyl carbamates (subject to hydrolysis) is 1. The Morgan fingerprint density at radius 3 is 2.11 bits per heavy atom. The van der Waals surface area contributed by atoms with Gasteiger partial charge in [-0.15, -0.1) is 0 Å². The fourth-order valence-electron chi connectivity index (χ4n) is 4.01. The Labute approximate surface area is 223 Å². The monoisotopic (exact) mass is 519 g/mol. The van der Waals surface area contributed by atoms with Crippen LogP contribution in [0.2, 0.25) is 0 Å². The third kappa shape index (κ3) is 11.4. The Kier molecular flexibility index (Phi) is 14.1. The summed E-state index contributed by atoms with van der Waals surface area (Å²) in [4.78, 5) is 42.0. The van der Waals surface area contributed by atoms with E-state index < -0.39 is 23.8 Å². The van der Waals surface area contributed by atoms with Crippen LogP contribution in [0.25, 0.3) is 0 Å². The summed E-state index contributed by atoms with van der Waals surface area (Å²) in [6, 6.07) is 4.64. The molecular formula is C29H49N3O5. The van der Waals surface area contributed by atoms with E-state index in [-0.39, 0.29) is 23.5 Å². The Bertz CT molecular complexity index is 835. The zero-order chi connectivity index (χ0) is 28.0. The van der Waals surface area contributed by atoms with E-state index in [0.29, 0.717) is 25.1 Å². The number of hydrogen-bond donors (Lipinski definition) is 3. The highest BCUT2D eigenvalue weighted by molar-refractivity contribution is 5.92. The van der Waals surface area contributed by atoms with Crippen LogP contribution in [-0.2, 0) is 14.3 Å². The summed E-state index contributed by atoms with van der Waals surface area (Å²) in [6.07, 6.45) is 5.46. The molecule has 1 rings (SSSR count). The van der Waals surface area contributed by atoms with Crippen LogP contribution in [0.5, 0.6) is 5.75 Å². The number of hydrogen-bond acceptors (Lipinski definition) is 5. The molecule has 3 N–H and O–H groups in total. The summed E-state index contributed by atoms with van der Waals surface area (Å²) in [5.74, 6) is -0.689. The summed E-state index contributed by atoms with van der Waals surface area (Å²) in [6.45, 7) is 14.2. The number of unbranched alkanes of at least 4 members (excludes halogenated alkanes) is 4. The van der Waals surface area contributed by atoms with Gasteiger partial charge in [0.15, 0.2) is 0 Å². The minimum absolute atomic E-state index is 0.0822. The van der Waals surface area contributed by atoms with Crippen molar-refractivity contribution in [1.82, 2.24) is 15.5 Å². The molecule has 0 aromatic heterocycles. The molecule has 3 unspecified atom stereocenters. The van der Waals surface area contributed by atoms with Crippen molar-refractivity contribution in [2.75, 3.05) is 13.1 Å². The highest BCUT2D eigenvalue weighted by atomic mass is 16.6. The number of carbonyl (C=O) groups excluding carboxylic acids is 3. The molecular weight excluding hydrogens is 470 g/mol. The molecule has 8 nitrogen and oxygen atoms in total. The van der Waals surface area contributed by atoms with Gasteiger partial charge in [0.05, 0.1) is 0 Å². The summed E-state index contributed by atoms with van der Waals surface area (Å²) >= 11 is 0. The Balaban J connectivity index is 3.42. The van der Waals surface area contributed by atoms with Crippen molar-refractivity contribution in [3.8, 4) is 5.75 Å². The lowest BCUT2D eigenvalue weighted by Crippen LogP contribution is -2.55. The van der Waals surface area contributed by atoms with Crippen molar-refractivity contribution >= 4 is 17.9 Å². The normalized spacial score (nSPS) is 13.8. The van der Waals surface area contributed by atoms with Gasteiger partial charge < -0.3 is 25.4 Å². The number of carbonyl (C=O) groups is 3. The largest absolute Gasteiger partial charge is 0.508 e. The van der Waals surface area contributed by atoms with E-state index in [0.717, 1.165) is 38.5 Å². The van der Waals surface area contributed by atoms with Gasteiger partial charge >= 0.3 is 6.09 Å². The van der Waals surface area contributed by atoms with Crippen molar-refractivity contribution in [1.29, 1.82) is 0 Å². The molecule has 0 heterocycles. The number of phenolic OH excluding ortho intramolecular Hbond substituents is 1. The molecule has 0 saturated heterocycles. The van der Waals surface area contributed by atoms with Crippen molar-refractivity contribution in [3.63, 3.8) is 0 Å². The maximum Gasteiger partial charge on any atom is 0.408 e. The van der Waals surface area contributed by atoms with E-state index in [1.807, 2.05) is 13.8 Å². The van der Waals surface area contributed by atoms with Crippen LogP contribution in [0, 0.1) is 5.92 Å². The summed E-state index contributed by atoms with van der Waals surface area (Å²) in [7, 11) is 0. The predicted octanol–water partition coefficient (Wildman–Crippen LogP) is 5.70. The van der Waals surface area contributed by atoms with Crippen molar-refractivity contribution < 1.29 is 24.2 Å². The maximum absolute atomic E-state index is 14.1. The summed E-state index contributed by atoms with van der Waals surface area (Å²) in [5, 5.41) is 15.6. The van der Waals surface area contributed by atoms with Gasteiger partial charge in [0.25, 0.3) is 0 Å². The van der Waals surface area contributed by atoms with Gasteiger partial charge in [-0.3, -0.25) is 9.59 Å². The fourth-order valence-corrected chi connectivity index (χ4v) is 4.01. The first-order chi connectivity index (χ1) is 17.4. The van der Waals surface area contributed by atoms with E-state index in [1.165, 1.54) is 12.1 Å². The average molecular weight is 520 g/mol. The Hall–Kier alpha value is -2.77. The second kappa shape index (κ2) is 16.2. The molecule has 0 fully saturated rings. The van der Waals surface area contributed by atoms with Gasteiger partial charge in [0.2, 0.25) is 11.8 Å². The predicted molar refractivity (Wildman–Crippen MR) is 147 cm³/mol. The SMILES string of the molecule is CCCCCNC(=O)C(c1ccc(O)cc1)N(CCCCC)C(=O)C(NC(=O)OC(C)(C)C)C(C)CC. The zero-order valence-electron chi connectivity index (χ0n) is 23.9. The van der Waals surface area contributed by atoms with E-state index in [1.54, 1.807) is 37.8 Å². The third-order valence-electron chi connectivity index (χ3n) is 6.29. The zero-order valence-corrected chi connectivity index (χ0v) is 23.9. The van der Waals surface area contributed by atoms with Gasteiger partial charge in [-0.2, -0.15) is 0 Å². The molecule has 1 aromatic rings. The van der Waals surface area contributed by atoms with Crippen molar-refractivity contribution in [2.24, 2.45) is 5.92 Å². The lowest BCUT2D eigenvalue weighted by Gasteiger charge is -2.36. The van der Waals surface area contributed by atoms with Crippen molar-refractivity contribution in [2.45, 2.75) is 111 Å². The number of ether oxygens (including phenoxy) is 1. The highest BCUT2D eigenvalue weighted by Gasteiger charge is 2.37. The van der Waals surface area contributed by atoms with Crippen LogP contribution in [0.3, 0.4) is 0 Å². The molecule has 210 valence electrons. The number of nitrogens with zero attached hydrogens (tertiary/aromatic N) is 1. The standard InChI is InChI=1S/C29H49N3O5/c1-8-11-13-19-30-26(34)25(22-15-17-23(33)18-16-22)32(20-14-12-9-2)27(35)24(21(4)10-3)31-28(36)37-29(5,6)7/h15-18,21,24-25,33H,8-14,19-20H2,1-7H3,(H,30,34)(H,31,36). The van der Waals surface area contributed by atoms with E-state index >= 15 is 0 Å².